The van der Waals surface area contributed by atoms with E-state index in [1.54, 1.807) is 0 Å². The normalized spacial score (nSPS) is 15.1. The number of aromatic carboxylic acids is 1. The van der Waals surface area contributed by atoms with Crippen molar-refractivity contribution in [2.75, 3.05) is 14.2 Å². The fourth-order valence-corrected chi connectivity index (χ4v) is 4.32. The third kappa shape index (κ3) is 3.72. The number of fused-ring (bicyclic) bond motifs is 1. The molecular weight excluding hydrogens is 457 g/mol. The number of nitrogens with zero attached hydrogens (tertiary/aromatic N) is 2. The lowest BCUT2D eigenvalue weighted by Gasteiger charge is -2.19. The zero-order chi connectivity index (χ0) is 24.8. The molecule has 1 N–H and O–H groups in total. The number of carboxylic acid groups (broad SMARTS) is 1. The minimum absolute atomic E-state index is 0.00954. The predicted octanol–water partition coefficient (Wildman–Crippen LogP) is 3.27. The van der Waals surface area contributed by atoms with E-state index in [9.17, 15) is 32.7 Å². The van der Waals surface area contributed by atoms with E-state index < -0.39 is 40.6 Å². The van der Waals surface area contributed by atoms with Gasteiger partial charge < -0.3 is 14.6 Å². The SMILES string of the molecule is COc1ccc(-n2cc(C(=O)O)c(=O)n(C3CCc4c3cccc4C(F)(F)F)c2=O)cc1OC. The van der Waals surface area contributed by atoms with Crippen molar-refractivity contribution in [3.8, 4) is 17.2 Å². The Morgan fingerprint density at radius 2 is 1.79 bits per heavy atom. The molecule has 0 fully saturated rings. The van der Waals surface area contributed by atoms with Crippen LogP contribution in [0.2, 0.25) is 0 Å². The molecule has 8 nitrogen and oxygen atoms in total. The van der Waals surface area contributed by atoms with Gasteiger partial charge in [-0.25, -0.2) is 9.59 Å². The van der Waals surface area contributed by atoms with E-state index in [0.29, 0.717) is 10.3 Å². The number of rotatable bonds is 5. The molecule has 1 heterocycles. The first-order valence-electron chi connectivity index (χ1n) is 10.1. The van der Waals surface area contributed by atoms with Gasteiger partial charge in [0.1, 0.15) is 5.56 Å². The standard InChI is InChI=1S/C23H19F3N2O6/c1-33-18-9-6-12(10-19(18)34-2)27-11-15(21(30)31)20(29)28(22(27)32)17-8-7-13-14(17)4-3-5-16(13)23(24,25)26/h3-6,9-11,17H,7-8H2,1-2H3,(H,30,31). The monoisotopic (exact) mass is 476 g/mol. The molecule has 178 valence electrons. The molecule has 1 aliphatic carbocycles. The van der Waals surface area contributed by atoms with Crippen molar-refractivity contribution >= 4 is 5.97 Å². The molecule has 1 atom stereocenters. The highest BCUT2D eigenvalue weighted by atomic mass is 19.4. The summed E-state index contributed by atoms with van der Waals surface area (Å²) in [5, 5.41) is 9.60. The average Bonchev–Trinajstić information content (AvgIpc) is 3.21. The van der Waals surface area contributed by atoms with Crippen molar-refractivity contribution in [2.45, 2.75) is 25.1 Å². The second kappa shape index (κ2) is 8.40. The maximum absolute atomic E-state index is 13.5. The molecule has 1 aromatic heterocycles. The Morgan fingerprint density at radius 3 is 2.41 bits per heavy atom. The van der Waals surface area contributed by atoms with Gasteiger partial charge >= 0.3 is 17.8 Å². The third-order valence-electron chi connectivity index (χ3n) is 5.85. The lowest BCUT2D eigenvalue weighted by atomic mass is 10.0. The van der Waals surface area contributed by atoms with Crippen molar-refractivity contribution in [3.05, 3.63) is 85.7 Å². The highest BCUT2D eigenvalue weighted by Gasteiger charge is 2.38. The fourth-order valence-electron chi connectivity index (χ4n) is 4.32. The van der Waals surface area contributed by atoms with Crippen molar-refractivity contribution in [1.82, 2.24) is 9.13 Å². The summed E-state index contributed by atoms with van der Waals surface area (Å²) in [6.07, 6.45) is -3.69. The maximum atomic E-state index is 13.5. The molecule has 3 aromatic rings. The van der Waals surface area contributed by atoms with E-state index in [2.05, 4.69) is 0 Å². The minimum Gasteiger partial charge on any atom is -0.493 e. The third-order valence-corrected chi connectivity index (χ3v) is 5.85. The summed E-state index contributed by atoms with van der Waals surface area (Å²) in [5.74, 6) is -0.965. The molecule has 0 bridgehead atoms. The quantitative estimate of drug-likeness (QED) is 0.607. The van der Waals surface area contributed by atoms with Crippen molar-refractivity contribution in [2.24, 2.45) is 0 Å². The van der Waals surface area contributed by atoms with Gasteiger partial charge in [0.25, 0.3) is 5.56 Å². The Morgan fingerprint density at radius 1 is 1.09 bits per heavy atom. The number of ether oxygens (including phenoxy) is 2. The van der Waals surface area contributed by atoms with Crippen LogP contribution in [-0.4, -0.2) is 34.4 Å². The van der Waals surface area contributed by atoms with E-state index in [4.69, 9.17) is 9.47 Å². The number of halogens is 3. The maximum Gasteiger partial charge on any atom is 0.416 e. The zero-order valence-corrected chi connectivity index (χ0v) is 18.0. The van der Waals surface area contributed by atoms with Crippen LogP contribution >= 0.6 is 0 Å². The van der Waals surface area contributed by atoms with Gasteiger partial charge in [0.15, 0.2) is 11.5 Å². The summed E-state index contributed by atoms with van der Waals surface area (Å²) in [7, 11) is 2.79. The first kappa shape index (κ1) is 23.1. The van der Waals surface area contributed by atoms with Gasteiger partial charge in [-0.3, -0.25) is 13.9 Å². The summed E-state index contributed by atoms with van der Waals surface area (Å²) in [5.41, 5.74) is -3.19. The lowest BCUT2D eigenvalue weighted by Crippen LogP contribution is -2.43. The highest BCUT2D eigenvalue weighted by molar-refractivity contribution is 5.86. The molecule has 34 heavy (non-hydrogen) atoms. The molecule has 0 saturated carbocycles. The second-order valence-corrected chi connectivity index (χ2v) is 7.64. The number of benzene rings is 2. The van der Waals surface area contributed by atoms with Gasteiger partial charge in [-0.15, -0.1) is 0 Å². The van der Waals surface area contributed by atoms with Gasteiger partial charge in [-0.05, 0) is 42.2 Å². The predicted molar refractivity (Wildman–Crippen MR) is 114 cm³/mol. The molecule has 0 radical (unpaired) electrons. The number of hydrogen-bond acceptors (Lipinski definition) is 5. The van der Waals surface area contributed by atoms with Crippen molar-refractivity contribution in [1.29, 1.82) is 0 Å². The molecule has 4 rings (SSSR count). The topological polar surface area (TPSA) is 99.8 Å². The molecule has 1 unspecified atom stereocenters. The molecule has 0 aliphatic heterocycles. The van der Waals surface area contributed by atoms with Crippen LogP contribution in [0.1, 0.15) is 39.5 Å². The van der Waals surface area contributed by atoms with Crippen molar-refractivity contribution in [3.63, 3.8) is 0 Å². The molecule has 1 aliphatic rings. The molecule has 0 spiro atoms. The van der Waals surface area contributed by atoms with Gasteiger partial charge in [-0.1, -0.05) is 12.1 Å². The Kier molecular flexibility index (Phi) is 5.72. The molecule has 0 saturated heterocycles. The number of carboxylic acids is 1. The van der Waals surface area contributed by atoms with Crippen LogP contribution in [0.25, 0.3) is 5.69 Å². The molecular formula is C23H19F3N2O6. The first-order chi connectivity index (χ1) is 16.1. The summed E-state index contributed by atoms with van der Waals surface area (Å²) >= 11 is 0. The number of alkyl halides is 3. The molecule has 2 aromatic carbocycles. The smallest absolute Gasteiger partial charge is 0.416 e. The van der Waals surface area contributed by atoms with Gasteiger partial charge in [0, 0.05) is 12.3 Å². The highest BCUT2D eigenvalue weighted by Crippen LogP contribution is 2.41. The fraction of sp³-hybridized carbons (Fsp3) is 0.261. The zero-order valence-electron chi connectivity index (χ0n) is 18.0. The molecule has 11 heteroatoms. The Bertz CT molecular complexity index is 1410. The van der Waals surface area contributed by atoms with E-state index >= 15 is 0 Å². The summed E-state index contributed by atoms with van der Waals surface area (Å²) in [6, 6.07) is 6.90. The van der Waals surface area contributed by atoms with Crippen LogP contribution in [0.3, 0.4) is 0 Å². The lowest BCUT2D eigenvalue weighted by molar-refractivity contribution is -0.138. The number of aromatic nitrogens is 2. The van der Waals surface area contributed by atoms with Crippen molar-refractivity contribution < 1.29 is 32.5 Å². The van der Waals surface area contributed by atoms with Gasteiger partial charge in [-0.2, -0.15) is 13.2 Å². The van der Waals surface area contributed by atoms with E-state index in [1.165, 1.54) is 44.6 Å². The summed E-state index contributed by atoms with van der Waals surface area (Å²) in [6.45, 7) is 0. The Balaban J connectivity index is 1.97. The first-order valence-corrected chi connectivity index (χ1v) is 10.1. The average molecular weight is 476 g/mol. The minimum atomic E-state index is -4.60. The van der Waals surface area contributed by atoms with Gasteiger partial charge in [0.2, 0.25) is 0 Å². The summed E-state index contributed by atoms with van der Waals surface area (Å²) < 4.78 is 52.5. The summed E-state index contributed by atoms with van der Waals surface area (Å²) in [4.78, 5) is 38.3. The van der Waals surface area contributed by atoms with Crippen LogP contribution in [0.5, 0.6) is 11.5 Å². The largest absolute Gasteiger partial charge is 0.493 e. The van der Waals surface area contributed by atoms with Crippen LogP contribution in [0.15, 0.2) is 52.2 Å². The van der Waals surface area contributed by atoms with Crippen LogP contribution in [0, 0.1) is 0 Å². The van der Waals surface area contributed by atoms with E-state index in [1.807, 2.05) is 0 Å². The van der Waals surface area contributed by atoms with Crippen LogP contribution in [-0.2, 0) is 12.6 Å². The van der Waals surface area contributed by atoms with Gasteiger partial charge in [0.05, 0.1) is 31.5 Å². The Labute approximate surface area is 190 Å². The number of carbonyl (C=O) groups is 1. The number of methoxy groups -OCH3 is 2. The molecule has 0 amide bonds. The van der Waals surface area contributed by atoms with E-state index in [0.717, 1.165) is 16.8 Å². The van der Waals surface area contributed by atoms with E-state index in [-0.39, 0.29) is 35.4 Å². The van der Waals surface area contributed by atoms with Crippen LogP contribution in [0.4, 0.5) is 13.2 Å². The Hall–Kier alpha value is -4.02. The van der Waals surface area contributed by atoms with Crippen LogP contribution < -0.4 is 20.7 Å². The number of hydrogen-bond donors (Lipinski definition) is 1. The second-order valence-electron chi connectivity index (χ2n) is 7.64.